The molecular weight excluding hydrogens is 268 g/mol. The Bertz CT molecular complexity index is 572. The molecule has 0 aliphatic carbocycles. The molecule has 0 amide bonds. The van der Waals surface area contributed by atoms with Gasteiger partial charge >= 0.3 is 0 Å². The molecule has 0 radical (unpaired) electrons. The minimum Gasteiger partial charge on any atom is -0.313 e. The van der Waals surface area contributed by atoms with E-state index >= 15 is 0 Å². The Labute approximate surface area is 116 Å². The van der Waals surface area contributed by atoms with Gasteiger partial charge in [0.1, 0.15) is 11.6 Å². The third kappa shape index (κ3) is 3.52. The van der Waals surface area contributed by atoms with Crippen LogP contribution in [0.1, 0.15) is 17.2 Å². The molecule has 0 saturated carbocycles. The molecule has 2 aromatic rings. The second kappa shape index (κ2) is 6.13. The van der Waals surface area contributed by atoms with E-state index in [4.69, 9.17) is 11.6 Å². The monoisotopic (exact) mass is 281 g/mol. The summed E-state index contributed by atoms with van der Waals surface area (Å²) in [4.78, 5) is 0. The molecular formula is C15H14ClF2N. The summed E-state index contributed by atoms with van der Waals surface area (Å²) in [6.07, 6.45) is 0.607. The molecule has 19 heavy (non-hydrogen) atoms. The first-order valence-corrected chi connectivity index (χ1v) is 6.34. The Kier molecular flexibility index (Phi) is 4.51. The molecule has 0 spiro atoms. The first-order valence-electron chi connectivity index (χ1n) is 5.97. The topological polar surface area (TPSA) is 12.0 Å². The molecule has 0 fully saturated rings. The van der Waals surface area contributed by atoms with Crippen LogP contribution in [0.15, 0.2) is 42.5 Å². The number of rotatable bonds is 4. The van der Waals surface area contributed by atoms with Gasteiger partial charge in [-0.2, -0.15) is 0 Å². The lowest BCUT2D eigenvalue weighted by Crippen LogP contribution is -2.19. The summed E-state index contributed by atoms with van der Waals surface area (Å²) in [5.41, 5.74) is 1.75. The highest BCUT2D eigenvalue weighted by Crippen LogP contribution is 2.23. The van der Waals surface area contributed by atoms with Crippen LogP contribution in [0.3, 0.4) is 0 Å². The van der Waals surface area contributed by atoms with Crippen molar-refractivity contribution >= 4 is 11.6 Å². The van der Waals surface area contributed by atoms with Crippen LogP contribution in [0.5, 0.6) is 0 Å². The molecule has 0 aliphatic rings. The molecule has 1 atom stereocenters. The molecule has 2 rings (SSSR count). The Hall–Kier alpha value is -1.45. The van der Waals surface area contributed by atoms with Crippen molar-refractivity contribution < 1.29 is 8.78 Å². The summed E-state index contributed by atoms with van der Waals surface area (Å²) in [6, 6.07) is 11.0. The normalized spacial score (nSPS) is 12.4. The van der Waals surface area contributed by atoms with Crippen LogP contribution in [-0.4, -0.2) is 7.05 Å². The van der Waals surface area contributed by atoms with Crippen molar-refractivity contribution in [3.05, 3.63) is 70.2 Å². The summed E-state index contributed by atoms with van der Waals surface area (Å²) in [6.45, 7) is 0. The molecule has 0 bridgehead atoms. The van der Waals surface area contributed by atoms with Crippen molar-refractivity contribution in [1.82, 2.24) is 5.32 Å². The van der Waals surface area contributed by atoms with Gasteiger partial charge in [0.15, 0.2) is 0 Å². The fraction of sp³-hybridized carbons (Fsp3) is 0.200. The third-order valence-electron chi connectivity index (χ3n) is 3.02. The molecule has 1 unspecified atom stereocenters. The van der Waals surface area contributed by atoms with Crippen LogP contribution < -0.4 is 5.32 Å². The first-order chi connectivity index (χ1) is 9.10. The standard InChI is InChI=1S/C15H14ClF2N/c1-19-15(8-10-3-2-4-12(17)7-10)11-5-6-14(18)13(16)9-11/h2-7,9,15,19H,8H2,1H3. The van der Waals surface area contributed by atoms with Crippen LogP contribution in [-0.2, 0) is 6.42 Å². The van der Waals surface area contributed by atoms with Crippen molar-refractivity contribution in [3.63, 3.8) is 0 Å². The van der Waals surface area contributed by atoms with E-state index in [1.54, 1.807) is 25.2 Å². The molecule has 4 heteroatoms. The first kappa shape index (κ1) is 14.0. The van der Waals surface area contributed by atoms with Gasteiger partial charge in [-0.25, -0.2) is 8.78 Å². The Balaban J connectivity index is 2.22. The van der Waals surface area contributed by atoms with E-state index in [9.17, 15) is 8.78 Å². The summed E-state index contributed by atoms with van der Waals surface area (Å²) < 4.78 is 26.3. The highest BCUT2D eigenvalue weighted by atomic mass is 35.5. The highest BCUT2D eigenvalue weighted by molar-refractivity contribution is 6.30. The van der Waals surface area contributed by atoms with Gasteiger partial charge in [0.2, 0.25) is 0 Å². The molecule has 0 saturated heterocycles. The predicted molar refractivity (Wildman–Crippen MR) is 73.3 cm³/mol. The van der Waals surface area contributed by atoms with Gasteiger partial charge in [0.05, 0.1) is 5.02 Å². The smallest absolute Gasteiger partial charge is 0.141 e. The fourth-order valence-electron chi connectivity index (χ4n) is 2.02. The highest BCUT2D eigenvalue weighted by Gasteiger charge is 2.12. The van der Waals surface area contributed by atoms with Crippen molar-refractivity contribution in [1.29, 1.82) is 0 Å². The fourth-order valence-corrected chi connectivity index (χ4v) is 2.20. The second-order valence-corrected chi connectivity index (χ2v) is 4.76. The molecule has 2 aromatic carbocycles. The van der Waals surface area contributed by atoms with Crippen LogP contribution >= 0.6 is 11.6 Å². The summed E-state index contributed by atoms with van der Waals surface area (Å²) >= 11 is 5.78. The Morgan fingerprint density at radius 2 is 1.95 bits per heavy atom. The zero-order chi connectivity index (χ0) is 13.8. The van der Waals surface area contributed by atoms with Gasteiger partial charge in [-0.3, -0.25) is 0 Å². The van der Waals surface area contributed by atoms with Crippen LogP contribution in [0, 0.1) is 11.6 Å². The zero-order valence-corrected chi connectivity index (χ0v) is 11.2. The van der Waals surface area contributed by atoms with E-state index in [0.29, 0.717) is 6.42 Å². The summed E-state index contributed by atoms with van der Waals surface area (Å²) in [5.74, 6) is -0.699. The van der Waals surface area contributed by atoms with Gasteiger partial charge in [-0.05, 0) is 48.9 Å². The number of likely N-dealkylation sites (N-methyl/N-ethyl adjacent to an activating group) is 1. The molecule has 1 N–H and O–H groups in total. The van der Waals surface area contributed by atoms with E-state index in [2.05, 4.69) is 5.32 Å². The lowest BCUT2D eigenvalue weighted by Gasteiger charge is -2.17. The third-order valence-corrected chi connectivity index (χ3v) is 3.31. The van der Waals surface area contributed by atoms with Crippen molar-refractivity contribution in [2.45, 2.75) is 12.5 Å². The van der Waals surface area contributed by atoms with Crippen LogP contribution in [0.2, 0.25) is 5.02 Å². The Morgan fingerprint density at radius 3 is 2.58 bits per heavy atom. The molecule has 0 aliphatic heterocycles. The number of benzene rings is 2. The van der Waals surface area contributed by atoms with Gasteiger partial charge in [-0.15, -0.1) is 0 Å². The number of hydrogen-bond donors (Lipinski definition) is 1. The van der Waals surface area contributed by atoms with Gasteiger partial charge in [-0.1, -0.05) is 29.8 Å². The number of nitrogens with one attached hydrogen (secondary N) is 1. The van der Waals surface area contributed by atoms with E-state index in [-0.39, 0.29) is 16.9 Å². The van der Waals surface area contributed by atoms with Crippen molar-refractivity contribution in [3.8, 4) is 0 Å². The molecule has 0 heterocycles. The summed E-state index contributed by atoms with van der Waals surface area (Å²) in [5, 5.41) is 3.22. The average molecular weight is 282 g/mol. The summed E-state index contributed by atoms with van der Waals surface area (Å²) in [7, 11) is 1.81. The van der Waals surface area contributed by atoms with Gasteiger partial charge in [0.25, 0.3) is 0 Å². The van der Waals surface area contributed by atoms with Gasteiger partial charge in [0, 0.05) is 6.04 Å². The van der Waals surface area contributed by atoms with Gasteiger partial charge < -0.3 is 5.32 Å². The van der Waals surface area contributed by atoms with Crippen LogP contribution in [0.4, 0.5) is 8.78 Å². The number of hydrogen-bond acceptors (Lipinski definition) is 1. The second-order valence-electron chi connectivity index (χ2n) is 4.35. The molecule has 0 aromatic heterocycles. The maximum atomic E-state index is 13.1. The largest absolute Gasteiger partial charge is 0.313 e. The Morgan fingerprint density at radius 1 is 1.16 bits per heavy atom. The average Bonchev–Trinajstić information content (AvgIpc) is 2.39. The lowest BCUT2D eigenvalue weighted by atomic mass is 9.99. The lowest BCUT2D eigenvalue weighted by molar-refractivity contribution is 0.580. The maximum absolute atomic E-state index is 13.1. The van der Waals surface area contributed by atoms with Crippen LogP contribution in [0.25, 0.3) is 0 Å². The van der Waals surface area contributed by atoms with Crippen molar-refractivity contribution in [2.24, 2.45) is 0 Å². The molecule has 100 valence electrons. The maximum Gasteiger partial charge on any atom is 0.141 e. The minimum atomic E-state index is -0.439. The van der Waals surface area contributed by atoms with E-state index in [1.165, 1.54) is 18.2 Å². The van der Waals surface area contributed by atoms with Crippen molar-refractivity contribution in [2.75, 3.05) is 7.05 Å². The zero-order valence-electron chi connectivity index (χ0n) is 10.5. The molecule has 1 nitrogen and oxygen atoms in total. The predicted octanol–water partition coefficient (Wildman–Crippen LogP) is 4.12. The SMILES string of the molecule is CNC(Cc1cccc(F)c1)c1ccc(F)c(Cl)c1. The minimum absolute atomic E-state index is 0.0418. The van der Waals surface area contributed by atoms with E-state index < -0.39 is 5.82 Å². The van der Waals surface area contributed by atoms with E-state index in [0.717, 1.165) is 11.1 Å². The van der Waals surface area contributed by atoms with E-state index in [1.807, 2.05) is 6.07 Å². The number of halogens is 3. The quantitative estimate of drug-likeness (QED) is 0.889.